The molecule has 1 aliphatic rings. The molecule has 0 atom stereocenters. The second-order valence-corrected chi connectivity index (χ2v) is 5.50. The Morgan fingerprint density at radius 1 is 1.15 bits per heavy atom. The maximum Gasteiger partial charge on any atom is 0.339 e. The van der Waals surface area contributed by atoms with Crippen LogP contribution in [0.25, 0.3) is 22.9 Å². The zero-order valence-corrected chi connectivity index (χ0v) is 11.6. The van der Waals surface area contributed by atoms with Crippen LogP contribution in [0.1, 0.15) is 35.3 Å². The number of rotatable bonds is 3. The molecule has 0 aliphatic heterocycles. The predicted octanol–water partition coefficient (Wildman–Crippen LogP) is 4.45. The van der Waals surface area contributed by atoms with Crippen molar-refractivity contribution in [2.24, 2.45) is 0 Å². The van der Waals surface area contributed by atoms with E-state index in [-0.39, 0.29) is 5.97 Å². The lowest BCUT2D eigenvalue weighted by molar-refractivity contribution is 0.0177. The lowest BCUT2D eigenvalue weighted by Crippen LogP contribution is -2.25. The summed E-state index contributed by atoms with van der Waals surface area (Å²) in [5.74, 6) is -0.314. The van der Waals surface area contributed by atoms with Crippen LogP contribution < -0.4 is 0 Å². The standard InChI is InChI=1S/C18H16O2/c1-4-18(2,3)20-17(19)15-11-10-13-9-8-12-6-5-7-14(15)16(12)13/h4-11H,1H2,2-3H3. The lowest BCUT2D eigenvalue weighted by atomic mass is 9.99. The molecule has 100 valence electrons. The summed E-state index contributed by atoms with van der Waals surface area (Å²) < 4.78 is 5.50. The minimum Gasteiger partial charge on any atom is -0.452 e. The molecule has 0 saturated carbocycles. The third kappa shape index (κ3) is 1.94. The van der Waals surface area contributed by atoms with Gasteiger partial charge in [0.05, 0.1) is 5.56 Å². The van der Waals surface area contributed by atoms with Crippen LogP contribution in [0, 0.1) is 0 Å². The number of esters is 1. The number of carbonyl (C=O) groups is 1. The summed E-state index contributed by atoms with van der Waals surface area (Å²) in [6.07, 6.45) is 5.77. The average molecular weight is 264 g/mol. The van der Waals surface area contributed by atoms with Crippen LogP contribution in [-0.2, 0) is 4.74 Å². The molecule has 0 bridgehead atoms. The number of carbonyl (C=O) groups excluding carboxylic acids is 1. The Morgan fingerprint density at radius 2 is 1.85 bits per heavy atom. The highest BCUT2D eigenvalue weighted by Gasteiger charge is 2.22. The Kier molecular flexibility index (Phi) is 2.75. The number of hydrogen-bond acceptors (Lipinski definition) is 2. The number of hydrogen-bond donors (Lipinski definition) is 0. The van der Waals surface area contributed by atoms with E-state index >= 15 is 0 Å². The fraction of sp³-hybridized carbons (Fsp3) is 0.167. The van der Waals surface area contributed by atoms with E-state index in [1.165, 1.54) is 0 Å². The zero-order chi connectivity index (χ0) is 14.3. The third-order valence-corrected chi connectivity index (χ3v) is 3.61. The Hall–Kier alpha value is -2.35. The molecule has 0 amide bonds. The largest absolute Gasteiger partial charge is 0.452 e. The predicted molar refractivity (Wildman–Crippen MR) is 82.6 cm³/mol. The van der Waals surface area contributed by atoms with Gasteiger partial charge < -0.3 is 4.74 Å². The monoisotopic (exact) mass is 264 g/mol. The van der Waals surface area contributed by atoms with E-state index in [1.54, 1.807) is 6.08 Å². The van der Waals surface area contributed by atoms with Gasteiger partial charge in [0.1, 0.15) is 5.60 Å². The van der Waals surface area contributed by atoms with Gasteiger partial charge in [0.15, 0.2) is 0 Å². The van der Waals surface area contributed by atoms with Crippen LogP contribution in [0.2, 0.25) is 0 Å². The Labute approximate surface area is 118 Å². The van der Waals surface area contributed by atoms with E-state index in [0.29, 0.717) is 5.56 Å². The van der Waals surface area contributed by atoms with Gasteiger partial charge in [0.2, 0.25) is 0 Å². The molecule has 3 rings (SSSR count). The van der Waals surface area contributed by atoms with Crippen molar-refractivity contribution >= 4 is 28.9 Å². The summed E-state index contributed by atoms with van der Waals surface area (Å²) in [6.45, 7) is 7.33. The fourth-order valence-corrected chi connectivity index (χ4v) is 2.43. The second-order valence-electron chi connectivity index (χ2n) is 5.50. The van der Waals surface area contributed by atoms with Crippen molar-refractivity contribution in [3.05, 3.63) is 59.7 Å². The molecule has 2 heteroatoms. The van der Waals surface area contributed by atoms with Crippen LogP contribution >= 0.6 is 0 Å². The van der Waals surface area contributed by atoms with E-state index in [4.69, 9.17) is 4.74 Å². The van der Waals surface area contributed by atoms with E-state index in [0.717, 1.165) is 21.9 Å². The summed E-state index contributed by atoms with van der Waals surface area (Å²) in [5, 5.41) is 2.06. The molecule has 20 heavy (non-hydrogen) atoms. The van der Waals surface area contributed by atoms with E-state index in [9.17, 15) is 4.79 Å². The summed E-state index contributed by atoms with van der Waals surface area (Å²) >= 11 is 0. The molecule has 1 aliphatic carbocycles. The summed E-state index contributed by atoms with van der Waals surface area (Å²) in [4.78, 5) is 12.4. The SMILES string of the molecule is C=CC(C)(C)OC(=O)c1ccc2c3c(cccc13)C=C2. The van der Waals surface area contributed by atoms with Crippen LogP contribution in [-0.4, -0.2) is 11.6 Å². The van der Waals surface area contributed by atoms with Gasteiger partial charge in [0, 0.05) is 0 Å². The minimum absolute atomic E-state index is 0.314. The van der Waals surface area contributed by atoms with Crippen molar-refractivity contribution in [1.82, 2.24) is 0 Å². The third-order valence-electron chi connectivity index (χ3n) is 3.61. The molecule has 0 radical (unpaired) electrons. The summed E-state index contributed by atoms with van der Waals surface area (Å²) in [6, 6.07) is 9.78. The molecule has 0 aromatic heterocycles. The first-order chi connectivity index (χ1) is 9.52. The van der Waals surface area contributed by atoms with Crippen LogP contribution in [0.5, 0.6) is 0 Å². The highest BCUT2D eigenvalue weighted by molar-refractivity contribution is 6.12. The molecular weight excluding hydrogens is 248 g/mol. The van der Waals surface area contributed by atoms with Gasteiger partial charge in [-0.1, -0.05) is 43.0 Å². The molecule has 0 saturated heterocycles. The molecule has 2 nitrogen and oxygen atoms in total. The first-order valence-electron chi connectivity index (χ1n) is 6.62. The maximum atomic E-state index is 12.4. The van der Waals surface area contributed by atoms with E-state index in [2.05, 4.69) is 24.8 Å². The zero-order valence-electron chi connectivity index (χ0n) is 11.6. The van der Waals surface area contributed by atoms with Crippen LogP contribution in [0.15, 0.2) is 43.0 Å². The van der Waals surface area contributed by atoms with Crippen molar-refractivity contribution in [3.63, 3.8) is 0 Å². The van der Waals surface area contributed by atoms with Gasteiger partial charge in [0.25, 0.3) is 0 Å². The van der Waals surface area contributed by atoms with Gasteiger partial charge in [-0.05, 0) is 47.9 Å². The van der Waals surface area contributed by atoms with Crippen molar-refractivity contribution < 1.29 is 9.53 Å². The van der Waals surface area contributed by atoms with Crippen LogP contribution in [0.3, 0.4) is 0 Å². The van der Waals surface area contributed by atoms with Crippen molar-refractivity contribution in [3.8, 4) is 0 Å². The number of benzene rings is 2. The molecular formula is C18H16O2. The number of ether oxygens (including phenoxy) is 1. The molecule has 2 aromatic carbocycles. The smallest absolute Gasteiger partial charge is 0.339 e. The van der Waals surface area contributed by atoms with Crippen LogP contribution in [0.4, 0.5) is 0 Å². The molecule has 0 unspecified atom stereocenters. The molecule has 2 aromatic rings. The first-order valence-corrected chi connectivity index (χ1v) is 6.62. The normalized spacial score (nSPS) is 12.7. The highest BCUT2D eigenvalue weighted by Crippen LogP contribution is 2.33. The minimum atomic E-state index is -0.669. The Balaban J connectivity index is 2.11. The quantitative estimate of drug-likeness (QED) is 0.516. The van der Waals surface area contributed by atoms with Crippen molar-refractivity contribution in [2.45, 2.75) is 19.4 Å². The Morgan fingerprint density at radius 3 is 2.55 bits per heavy atom. The van der Waals surface area contributed by atoms with Gasteiger partial charge in [-0.25, -0.2) is 4.79 Å². The van der Waals surface area contributed by atoms with E-state index < -0.39 is 5.60 Å². The molecule has 0 spiro atoms. The topological polar surface area (TPSA) is 26.3 Å². The average Bonchev–Trinajstić information content (AvgIpc) is 2.84. The summed E-state index contributed by atoms with van der Waals surface area (Å²) in [7, 11) is 0. The summed E-state index contributed by atoms with van der Waals surface area (Å²) in [5.41, 5.74) is 2.23. The van der Waals surface area contributed by atoms with Crippen molar-refractivity contribution in [2.75, 3.05) is 0 Å². The fourth-order valence-electron chi connectivity index (χ4n) is 2.43. The molecule has 0 heterocycles. The Bertz CT molecular complexity index is 739. The second kappa shape index (κ2) is 4.34. The maximum absolute atomic E-state index is 12.4. The van der Waals surface area contributed by atoms with Gasteiger partial charge in [-0.2, -0.15) is 0 Å². The van der Waals surface area contributed by atoms with Gasteiger partial charge in [-0.3, -0.25) is 0 Å². The van der Waals surface area contributed by atoms with Crippen molar-refractivity contribution in [1.29, 1.82) is 0 Å². The van der Waals surface area contributed by atoms with E-state index in [1.807, 2.05) is 38.1 Å². The molecule has 0 N–H and O–H groups in total. The highest BCUT2D eigenvalue weighted by atomic mass is 16.6. The molecule has 0 fully saturated rings. The first kappa shape index (κ1) is 12.7. The van der Waals surface area contributed by atoms with Gasteiger partial charge >= 0.3 is 5.97 Å². The van der Waals surface area contributed by atoms with Gasteiger partial charge in [-0.15, -0.1) is 0 Å². The lowest BCUT2D eigenvalue weighted by Gasteiger charge is -2.21.